The van der Waals surface area contributed by atoms with Gasteiger partial charge in [-0.15, -0.1) is 11.3 Å². The van der Waals surface area contributed by atoms with Crippen LogP contribution in [0, 0.1) is 0 Å². The summed E-state index contributed by atoms with van der Waals surface area (Å²) in [5, 5.41) is 7.35. The summed E-state index contributed by atoms with van der Waals surface area (Å²) >= 11 is 1.86. The van der Waals surface area contributed by atoms with Crippen molar-refractivity contribution in [2.24, 2.45) is 0 Å². The maximum Gasteiger partial charge on any atom is 0.135 e. The summed E-state index contributed by atoms with van der Waals surface area (Å²) in [4.78, 5) is 0. The van der Waals surface area contributed by atoms with Crippen molar-refractivity contribution in [1.29, 1.82) is 0 Å². The number of thiophene rings is 1. The molecule has 0 N–H and O–H groups in total. The molecule has 0 radical (unpaired) electrons. The van der Waals surface area contributed by atoms with Gasteiger partial charge in [0.05, 0.1) is 11.0 Å². The van der Waals surface area contributed by atoms with Crippen LogP contribution in [0.15, 0.2) is 229 Å². The second-order valence-corrected chi connectivity index (χ2v) is 17.6. The van der Waals surface area contributed by atoms with Crippen LogP contribution < -0.4 is 0 Å². The summed E-state index contributed by atoms with van der Waals surface area (Å²) in [7, 11) is 0. The zero-order valence-electron chi connectivity index (χ0n) is 34.1. The maximum atomic E-state index is 6.30. The Balaban J connectivity index is 0.862. The summed E-state index contributed by atoms with van der Waals surface area (Å²) < 4.78 is 11.3. The molecule has 13 aromatic rings. The smallest absolute Gasteiger partial charge is 0.135 e. The van der Waals surface area contributed by atoms with Gasteiger partial charge in [0.2, 0.25) is 0 Å². The molecule has 3 heterocycles. The van der Waals surface area contributed by atoms with Crippen LogP contribution in [0.25, 0.3) is 125 Å². The molecule has 3 heteroatoms. The van der Waals surface area contributed by atoms with Crippen molar-refractivity contribution in [1.82, 2.24) is 4.57 Å². The van der Waals surface area contributed by atoms with Gasteiger partial charge in [0, 0.05) is 47.4 Å². The number of nitrogens with zero attached hydrogens (tertiary/aromatic N) is 1. The third kappa shape index (κ3) is 6.01. The van der Waals surface area contributed by atoms with Crippen LogP contribution in [0.5, 0.6) is 0 Å². The summed E-state index contributed by atoms with van der Waals surface area (Å²) in [5.74, 6) is 0. The predicted octanol–water partition coefficient (Wildman–Crippen LogP) is 17.4. The first-order valence-corrected chi connectivity index (χ1v) is 22.3. The van der Waals surface area contributed by atoms with Crippen LogP contribution in [-0.2, 0) is 0 Å². The first-order chi connectivity index (χ1) is 31.2. The number of rotatable bonds is 6. The molecule has 0 saturated carbocycles. The fourth-order valence-corrected chi connectivity index (χ4v) is 10.7. The number of fused-ring (bicyclic) bond motifs is 9. The van der Waals surface area contributed by atoms with Crippen LogP contribution >= 0.6 is 11.3 Å². The second-order valence-electron chi connectivity index (χ2n) is 16.5. The van der Waals surface area contributed by atoms with Crippen LogP contribution in [0.4, 0.5) is 0 Å². The van der Waals surface area contributed by atoms with Gasteiger partial charge in [0.15, 0.2) is 0 Å². The molecule has 63 heavy (non-hydrogen) atoms. The molecule has 0 amide bonds. The third-order valence-electron chi connectivity index (χ3n) is 12.8. The summed E-state index contributed by atoms with van der Waals surface area (Å²) in [6, 6.07) is 81.8. The molecule has 10 aromatic carbocycles. The first kappa shape index (κ1) is 35.7. The molecule has 2 nitrogen and oxygen atoms in total. The highest BCUT2D eigenvalue weighted by molar-refractivity contribution is 7.25. The van der Waals surface area contributed by atoms with Gasteiger partial charge >= 0.3 is 0 Å². The molecule has 0 saturated heterocycles. The van der Waals surface area contributed by atoms with E-state index >= 15 is 0 Å². The monoisotopic (exact) mass is 819 g/mol. The van der Waals surface area contributed by atoms with Crippen LogP contribution in [0.2, 0.25) is 0 Å². The minimum absolute atomic E-state index is 0.903. The van der Waals surface area contributed by atoms with Gasteiger partial charge < -0.3 is 8.98 Å². The van der Waals surface area contributed by atoms with Gasteiger partial charge in [-0.1, -0.05) is 140 Å². The molecule has 0 spiro atoms. The highest BCUT2D eigenvalue weighted by Crippen LogP contribution is 2.41. The van der Waals surface area contributed by atoms with E-state index in [2.05, 4.69) is 229 Å². The number of benzene rings is 10. The molecule has 0 atom stereocenters. The first-order valence-electron chi connectivity index (χ1n) is 21.5. The van der Waals surface area contributed by atoms with Crippen molar-refractivity contribution in [2.75, 3.05) is 0 Å². The SMILES string of the molecule is c1ccc(-c2ccc3oc4ccc(-c5cccc(-c6ccc7sc8ccc(-c9cccc(-n%10c%11ccccc%11c%11cc(-c%12ccccc%12)ccc%11%10)c9)cc8c7c6)c5)cc4c3c2)cc1. The van der Waals surface area contributed by atoms with E-state index in [0.717, 1.165) is 27.6 Å². The van der Waals surface area contributed by atoms with Crippen molar-refractivity contribution in [3.63, 3.8) is 0 Å². The van der Waals surface area contributed by atoms with Crippen LogP contribution in [0.3, 0.4) is 0 Å². The zero-order chi connectivity index (χ0) is 41.4. The molecule has 0 aliphatic carbocycles. The summed E-state index contributed by atoms with van der Waals surface area (Å²) in [6.07, 6.45) is 0. The van der Waals surface area contributed by atoms with Gasteiger partial charge in [-0.3, -0.25) is 0 Å². The van der Waals surface area contributed by atoms with Gasteiger partial charge in [0.1, 0.15) is 11.2 Å². The highest BCUT2D eigenvalue weighted by Gasteiger charge is 2.16. The number of hydrogen-bond acceptors (Lipinski definition) is 2. The lowest BCUT2D eigenvalue weighted by molar-refractivity contribution is 0.669. The Hall–Kier alpha value is -7.98. The Bertz CT molecular complexity index is 3910. The lowest BCUT2D eigenvalue weighted by Gasteiger charge is -2.11. The lowest BCUT2D eigenvalue weighted by Crippen LogP contribution is -1.94. The molecule has 13 rings (SSSR count). The van der Waals surface area contributed by atoms with Crippen molar-refractivity contribution in [3.05, 3.63) is 224 Å². The van der Waals surface area contributed by atoms with Crippen molar-refractivity contribution in [2.45, 2.75) is 0 Å². The molecule has 3 aromatic heterocycles. The second kappa shape index (κ2) is 14.3. The van der Waals surface area contributed by atoms with Gasteiger partial charge in [-0.2, -0.15) is 0 Å². The molecule has 0 unspecified atom stereocenters. The van der Waals surface area contributed by atoms with Crippen molar-refractivity contribution in [3.8, 4) is 61.3 Å². The predicted molar refractivity (Wildman–Crippen MR) is 268 cm³/mol. The fourth-order valence-electron chi connectivity index (χ4n) is 9.67. The summed E-state index contributed by atoms with van der Waals surface area (Å²) in [5.41, 5.74) is 17.4. The molecular formula is C60H37NOS. The summed E-state index contributed by atoms with van der Waals surface area (Å²) in [6.45, 7) is 0. The fraction of sp³-hybridized carbons (Fsp3) is 0. The molecular weight excluding hydrogens is 783 g/mol. The quantitative estimate of drug-likeness (QED) is 0.163. The molecule has 294 valence electrons. The Kier molecular flexibility index (Phi) is 8.12. The van der Waals surface area contributed by atoms with E-state index in [0.29, 0.717) is 0 Å². The van der Waals surface area contributed by atoms with Crippen LogP contribution in [-0.4, -0.2) is 4.57 Å². The van der Waals surface area contributed by atoms with Gasteiger partial charge in [-0.25, -0.2) is 0 Å². The molecule has 0 aliphatic heterocycles. The highest BCUT2D eigenvalue weighted by atomic mass is 32.1. The van der Waals surface area contributed by atoms with E-state index < -0.39 is 0 Å². The Labute approximate surface area is 368 Å². The zero-order valence-corrected chi connectivity index (χ0v) is 34.9. The normalized spacial score (nSPS) is 11.8. The van der Waals surface area contributed by atoms with Gasteiger partial charge in [-0.05, 0) is 141 Å². The number of aromatic nitrogens is 1. The standard InChI is InChI=1S/C60H37NOS/c1-3-11-38(12-4-1)43-21-26-56-50(33-43)49-19-7-8-20-55(49)61(56)48-18-10-17-42(32-48)47-25-30-60-54(37-47)53-36-46(24-29-59(53)63-60)41-16-9-15-40(31-41)45-23-28-58-52(35-45)51-34-44(22-27-57(51)62-58)39-13-5-2-6-14-39/h1-37H. The Morgan fingerprint density at radius 1 is 0.270 bits per heavy atom. The number of para-hydroxylation sites is 1. The van der Waals surface area contributed by atoms with Crippen molar-refractivity contribution < 1.29 is 4.42 Å². The number of furan rings is 1. The topological polar surface area (TPSA) is 18.1 Å². The Morgan fingerprint density at radius 2 is 0.698 bits per heavy atom. The average molecular weight is 820 g/mol. The minimum Gasteiger partial charge on any atom is -0.456 e. The molecule has 0 fully saturated rings. The van der Waals surface area contributed by atoms with Crippen molar-refractivity contribution >= 4 is 75.3 Å². The van der Waals surface area contributed by atoms with E-state index in [1.54, 1.807) is 0 Å². The number of hydrogen-bond donors (Lipinski definition) is 0. The van der Waals surface area contributed by atoms with E-state index in [1.165, 1.54) is 97.6 Å². The minimum atomic E-state index is 0.903. The van der Waals surface area contributed by atoms with E-state index in [4.69, 9.17) is 4.42 Å². The van der Waals surface area contributed by atoms with E-state index in [9.17, 15) is 0 Å². The maximum absolute atomic E-state index is 6.30. The van der Waals surface area contributed by atoms with Crippen LogP contribution in [0.1, 0.15) is 0 Å². The molecule has 0 aliphatic rings. The molecule has 0 bridgehead atoms. The van der Waals surface area contributed by atoms with E-state index in [-0.39, 0.29) is 0 Å². The largest absolute Gasteiger partial charge is 0.456 e. The average Bonchev–Trinajstić information content (AvgIpc) is 4.03. The lowest BCUT2D eigenvalue weighted by atomic mass is 9.96. The van der Waals surface area contributed by atoms with Gasteiger partial charge in [0.25, 0.3) is 0 Å². The Morgan fingerprint density at radius 3 is 1.32 bits per heavy atom. The third-order valence-corrected chi connectivity index (χ3v) is 13.9. The van der Waals surface area contributed by atoms with E-state index in [1.807, 2.05) is 11.3 Å².